The summed E-state index contributed by atoms with van der Waals surface area (Å²) in [6.45, 7) is 0. The predicted molar refractivity (Wildman–Crippen MR) is 162 cm³/mol. The zero-order valence-electron chi connectivity index (χ0n) is 21.5. The van der Waals surface area contributed by atoms with Crippen LogP contribution >= 0.6 is 35.0 Å². The number of carbonyl (C=O) groups excluding carboxylic acids is 1. The molecule has 5 aromatic rings. The van der Waals surface area contributed by atoms with Crippen LogP contribution in [0, 0.1) is 0 Å². The number of pyridine rings is 1. The first-order valence-electron chi connectivity index (χ1n) is 12.5. The quantitative estimate of drug-likeness (QED) is 0.159. The topological polar surface area (TPSA) is 105 Å². The minimum absolute atomic E-state index is 0.0911. The Morgan fingerprint density at radius 2 is 1.51 bits per heavy atom. The molecule has 2 aromatic heterocycles. The van der Waals surface area contributed by atoms with E-state index < -0.39 is 17.9 Å². The molecule has 5 rings (SSSR count). The molecule has 10 heteroatoms. The second-order valence-corrected chi connectivity index (χ2v) is 10.8. The van der Waals surface area contributed by atoms with Gasteiger partial charge in [-0.25, -0.2) is 14.8 Å². The number of nitrogens with zero attached hydrogens (tertiary/aromatic N) is 2. The van der Waals surface area contributed by atoms with Crippen LogP contribution in [0.1, 0.15) is 16.1 Å². The first kappa shape index (κ1) is 28.4. The summed E-state index contributed by atoms with van der Waals surface area (Å²) in [5, 5.41) is 12.7. The Labute approximate surface area is 250 Å². The molecule has 0 spiro atoms. The van der Waals surface area contributed by atoms with Gasteiger partial charge in [-0.05, 0) is 34.9 Å². The molecule has 1 unspecified atom stereocenters. The Hall–Kier alpha value is -4.11. The minimum atomic E-state index is -1.16. The molecule has 0 fully saturated rings. The van der Waals surface area contributed by atoms with E-state index in [1.807, 2.05) is 84.9 Å². The van der Waals surface area contributed by atoms with Gasteiger partial charge in [-0.3, -0.25) is 4.79 Å². The highest BCUT2D eigenvalue weighted by molar-refractivity contribution is 7.98. The van der Waals surface area contributed by atoms with Crippen LogP contribution in [0.4, 0.5) is 0 Å². The molecule has 206 valence electrons. The highest BCUT2D eigenvalue weighted by Gasteiger charge is 2.27. The maximum Gasteiger partial charge on any atom is 0.327 e. The summed E-state index contributed by atoms with van der Waals surface area (Å²) in [6, 6.07) is 27.5. The highest BCUT2D eigenvalue weighted by Crippen LogP contribution is 2.33. The van der Waals surface area contributed by atoms with Crippen LogP contribution < -0.4 is 5.32 Å². The van der Waals surface area contributed by atoms with Crippen LogP contribution in [0.5, 0.6) is 0 Å². The van der Waals surface area contributed by atoms with Crippen molar-refractivity contribution < 1.29 is 19.1 Å². The first-order chi connectivity index (χ1) is 19.9. The summed E-state index contributed by atoms with van der Waals surface area (Å²) < 4.78 is 6.06. The van der Waals surface area contributed by atoms with Gasteiger partial charge in [-0.15, -0.1) is 0 Å². The number of nitrogens with one attached hydrogen (secondary N) is 1. The smallest absolute Gasteiger partial charge is 0.327 e. The van der Waals surface area contributed by atoms with E-state index in [2.05, 4.69) is 15.3 Å². The van der Waals surface area contributed by atoms with E-state index in [9.17, 15) is 14.7 Å². The normalized spacial score (nSPS) is 11.7. The van der Waals surface area contributed by atoms with Gasteiger partial charge in [0.2, 0.25) is 5.89 Å². The van der Waals surface area contributed by atoms with E-state index in [1.54, 1.807) is 0 Å². The molecule has 0 radical (unpaired) electrons. The number of carboxylic acids is 1. The van der Waals surface area contributed by atoms with Gasteiger partial charge in [-0.2, -0.15) is 11.8 Å². The number of halogens is 2. The summed E-state index contributed by atoms with van der Waals surface area (Å²) >= 11 is 13.6. The second kappa shape index (κ2) is 13.0. The molecule has 1 amide bonds. The first-order valence-corrected chi connectivity index (χ1v) is 14.4. The summed E-state index contributed by atoms with van der Waals surface area (Å²) in [4.78, 5) is 34.0. The number of hydrogen-bond donors (Lipinski definition) is 2. The fourth-order valence-electron chi connectivity index (χ4n) is 4.04. The third kappa shape index (κ3) is 6.97. The molecule has 0 bridgehead atoms. The van der Waals surface area contributed by atoms with Gasteiger partial charge in [-0.1, -0.05) is 96.0 Å². The number of aromatic nitrogens is 2. The van der Waals surface area contributed by atoms with Crippen molar-refractivity contribution in [1.29, 1.82) is 0 Å². The molecule has 0 saturated carbocycles. The monoisotopic (exact) mass is 603 g/mol. The molecule has 1 atom stereocenters. The lowest BCUT2D eigenvalue weighted by molar-refractivity contribution is -0.138. The molecule has 0 aliphatic heterocycles. The van der Waals surface area contributed by atoms with Crippen molar-refractivity contribution in [2.45, 2.75) is 11.8 Å². The summed E-state index contributed by atoms with van der Waals surface area (Å²) in [5.41, 5.74) is 4.03. The van der Waals surface area contributed by atoms with Crippen molar-refractivity contribution in [2.75, 3.05) is 5.75 Å². The molecule has 7 nitrogen and oxygen atoms in total. The molecule has 2 N–H and O–H groups in total. The van der Waals surface area contributed by atoms with E-state index in [-0.39, 0.29) is 33.3 Å². The number of benzene rings is 3. The van der Waals surface area contributed by atoms with E-state index in [4.69, 9.17) is 27.6 Å². The second-order valence-electron chi connectivity index (χ2n) is 9.00. The van der Waals surface area contributed by atoms with Crippen LogP contribution in [-0.2, 0) is 10.5 Å². The zero-order chi connectivity index (χ0) is 28.8. The van der Waals surface area contributed by atoms with Crippen molar-refractivity contribution in [3.63, 3.8) is 0 Å². The fraction of sp³-hybridized carbons (Fsp3) is 0.0968. The van der Waals surface area contributed by atoms with Gasteiger partial charge in [0.1, 0.15) is 11.2 Å². The van der Waals surface area contributed by atoms with Crippen molar-refractivity contribution in [3.8, 4) is 33.9 Å². The van der Waals surface area contributed by atoms with Gasteiger partial charge in [0.05, 0.1) is 5.02 Å². The van der Waals surface area contributed by atoms with Crippen molar-refractivity contribution in [1.82, 2.24) is 15.3 Å². The average molecular weight is 605 g/mol. The van der Waals surface area contributed by atoms with Crippen LogP contribution in [0.3, 0.4) is 0 Å². The number of aliphatic carboxylic acids is 1. The zero-order valence-corrected chi connectivity index (χ0v) is 23.8. The molecule has 3 aromatic carbocycles. The maximum absolute atomic E-state index is 13.4. The van der Waals surface area contributed by atoms with Crippen LogP contribution in [0.25, 0.3) is 33.9 Å². The molecule has 2 heterocycles. The molecule has 41 heavy (non-hydrogen) atoms. The third-order valence-corrected chi connectivity index (χ3v) is 7.93. The summed E-state index contributed by atoms with van der Waals surface area (Å²) in [6.07, 6.45) is 1.41. The Kier molecular flexibility index (Phi) is 9.04. The lowest BCUT2D eigenvalue weighted by Crippen LogP contribution is -2.42. The van der Waals surface area contributed by atoms with Gasteiger partial charge in [0.15, 0.2) is 11.5 Å². The standard InChI is InChI=1S/C31H23Cl2N3O4S/c32-24-15-23(16-34-28(24)33)27-26(29(37)35-25(31(38)39)18-41-17-19-7-3-1-4-8-19)36-30(40-27)22-13-11-21(12-14-22)20-9-5-2-6-10-20/h1-16,25H,17-18H2,(H,35,37)(H,38,39). The fourth-order valence-corrected chi connectivity index (χ4v) is 5.32. The van der Waals surface area contributed by atoms with Crippen LogP contribution in [0.15, 0.2) is 102 Å². The number of rotatable bonds is 10. The Balaban J connectivity index is 1.42. The number of carboxylic acid groups (broad SMARTS) is 1. The lowest BCUT2D eigenvalue weighted by Gasteiger charge is -2.14. The predicted octanol–water partition coefficient (Wildman–Crippen LogP) is 7.49. The molecule has 0 aliphatic rings. The molecular formula is C31H23Cl2N3O4S. The largest absolute Gasteiger partial charge is 0.480 e. The summed E-state index contributed by atoms with van der Waals surface area (Å²) in [7, 11) is 0. The SMILES string of the molecule is O=C(NC(CSCc1ccccc1)C(=O)O)c1nc(-c2ccc(-c3ccccc3)cc2)oc1-c1cnc(Cl)c(Cl)c1. The number of thioether (sulfide) groups is 1. The molecular weight excluding hydrogens is 581 g/mol. The third-order valence-electron chi connectivity index (χ3n) is 6.14. The molecule has 0 aliphatic carbocycles. The van der Waals surface area contributed by atoms with Gasteiger partial charge < -0.3 is 14.8 Å². The van der Waals surface area contributed by atoms with E-state index in [0.29, 0.717) is 16.9 Å². The minimum Gasteiger partial charge on any atom is -0.480 e. The van der Waals surface area contributed by atoms with Crippen molar-refractivity contribution >= 4 is 46.8 Å². The number of oxazole rings is 1. The van der Waals surface area contributed by atoms with E-state index >= 15 is 0 Å². The average Bonchev–Trinajstić information content (AvgIpc) is 3.45. The van der Waals surface area contributed by atoms with Gasteiger partial charge in [0, 0.05) is 28.8 Å². The van der Waals surface area contributed by atoms with Gasteiger partial charge in [0.25, 0.3) is 5.91 Å². The Bertz CT molecular complexity index is 1660. The lowest BCUT2D eigenvalue weighted by atomic mass is 10.0. The Morgan fingerprint density at radius 3 is 2.17 bits per heavy atom. The number of hydrogen-bond acceptors (Lipinski definition) is 6. The summed E-state index contributed by atoms with van der Waals surface area (Å²) in [5.74, 6) is -0.816. The highest BCUT2D eigenvalue weighted by atomic mass is 35.5. The van der Waals surface area contributed by atoms with Crippen molar-refractivity contribution in [3.05, 3.63) is 119 Å². The van der Waals surface area contributed by atoms with Crippen molar-refractivity contribution in [2.24, 2.45) is 0 Å². The van der Waals surface area contributed by atoms with Gasteiger partial charge >= 0.3 is 5.97 Å². The maximum atomic E-state index is 13.4. The van der Waals surface area contributed by atoms with Crippen LogP contribution in [0.2, 0.25) is 10.2 Å². The van der Waals surface area contributed by atoms with E-state index in [1.165, 1.54) is 24.0 Å². The molecule has 0 saturated heterocycles. The number of carbonyl (C=O) groups is 2. The van der Waals surface area contributed by atoms with Crippen LogP contribution in [-0.4, -0.2) is 38.7 Å². The Morgan fingerprint density at radius 1 is 0.878 bits per heavy atom. The van der Waals surface area contributed by atoms with E-state index in [0.717, 1.165) is 16.7 Å². The number of amides is 1.